The summed E-state index contributed by atoms with van der Waals surface area (Å²) in [5.41, 5.74) is 6.53. The maximum absolute atomic E-state index is 12.4. The molecule has 2 amide bonds. The van der Waals surface area contributed by atoms with Gasteiger partial charge >= 0.3 is 0 Å². The van der Waals surface area contributed by atoms with Gasteiger partial charge in [-0.1, -0.05) is 12.1 Å². The van der Waals surface area contributed by atoms with Gasteiger partial charge < -0.3 is 15.4 Å². The van der Waals surface area contributed by atoms with Crippen LogP contribution in [0.3, 0.4) is 0 Å². The minimum absolute atomic E-state index is 0.0799. The third-order valence-electron chi connectivity index (χ3n) is 4.40. The predicted octanol–water partition coefficient (Wildman–Crippen LogP) is 2.27. The van der Waals surface area contributed by atoms with E-state index in [1.807, 2.05) is 38.1 Å². The van der Waals surface area contributed by atoms with Crippen LogP contribution in [0.15, 0.2) is 24.3 Å². The van der Waals surface area contributed by atoms with Gasteiger partial charge in [-0.25, -0.2) is 0 Å². The average Bonchev–Trinajstić information content (AvgIpc) is 2.51. The minimum Gasteiger partial charge on any atom is -0.494 e. The van der Waals surface area contributed by atoms with Crippen LogP contribution in [0.5, 0.6) is 5.75 Å². The molecule has 2 rings (SSSR count). The van der Waals surface area contributed by atoms with E-state index in [2.05, 4.69) is 0 Å². The van der Waals surface area contributed by atoms with Gasteiger partial charge in [0.05, 0.1) is 12.5 Å². The normalized spacial score (nSPS) is 21.0. The van der Waals surface area contributed by atoms with Crippen LogP contribution in [-0.4, -0.2) is 35.9 Å². The maximum atomic E-state index is 12.4. The van der Waals surface area contributed by atoms with Crippen molar-refractivity contribution in [2.24, 2.45) is 11.7 Å². The van der Waals surface area contributed by atoms with Crippen molar-refractivity contribution in [1.29, 1.82) is 0 Å². The molecule has 0 aromatic heterocycles. The first-order chi connectivity index (χ1) is 11.0. The average molecular weight is 318 g/mol. The fourth-order valence-corrected chi connectivity index (χ4v) is 2.95. The lowest BCUT2D eigenvalue weighted by Crippen LogP contribution is -2.48. The van der Waals surface area contributed by atoms with Crippen molar-refractivity contribution in [1.82, 2.24) is 4.90 Å². The van der Waals surface area contributed by atoms with Crippen LogP contribution in [0.25, 0.3) is 0 Å². The zero-order chi connectivity index (χ0) is 16.8. The summed E-state index contributed by atoms with van der Waals surface area (Å²) >= 11 is 0. The van der Waals surface area contributed by atoms with E-state index < -0.39 is 0 Å². The highest BCUT2D eigenvalue weighted by Gasteiger charge is 2.31. The smallest absolute Gasteiger partial charge is 0.222 e. The fourth-order valence-electron chi connectivity index (χ4n) is 2.95. The molecule has 1 aliphatic rings. The summed E-state index contributed by atoms with van der Waals surface area (Å²) in [6.07, 6.45) is 2.70. The van der Waals surface area contributed by atoms with E-state index in [9.17, 15) is 9.59 Å². The zero-order valence-electron chi connectivity index (χ0n) is 14.0. The van der Waals surface area contributed by atoms with Crippen LogP contribution < -0.4 is 10.5 Å². The van der Waals surface area contributed by atoms with E-state index in [0.29, 0.717) is 26.0 Å². The molecule has 1 saturated heterocycles. The largest absolute Gasteiger partial charge is 0.494 e. The first-order valence-electron chi connectivity index (χ1n) is 8.25. The summed E-state index contributed by atoms with van der Waals surface area (Å²) < 4.78 is 5.67. The monoisotopic (exact) mass is 318 g/mol. The van der Waals surface area contributed by atoms with Crippen molar-refractivity contribution < 1.29 is 14.3 Å². The summed E-state index contributed by atoms with van der Waals surface area (Å²) in [5, 5.41) is 0. The molecule has 0 unspecified atom stereocenters. The second-order valence-corrected chi connectivity index (χ2v) is 6.34. The van der Waals surface area contributed by atoms with E-state index in [-0.39, 0.29) is 23.8 Å². The van der Waals surface area contributed by atoms with Crippen LogP contribution in [0.4, 0.5) is 0 Å². The molecule has 1 aromatic carbocycles. The second kappa shape index (κ2) is 7.99. The molecule has 5 nitrogen and oxygen atoms in total. The van der Waals surface area contributed by atoms with Crippen LogP contribution in [0.2, 0.25) is 0 Å². The number of hydrogen-bond acceptors (Lipinski definition) is 3. The highest BCUT2D eigenvalue weighted by Crippen LogP contribution is 2.22. The summed E-state index contributed by atoms with van der Waals surface area (Å²) in [4.78, 5) is 25.5. The van der Waals surface area contributed by atoms with E-state index in [4.69, 9.17) is 10.5 Å². The first-order valence-corrected chi connectivity index (χ1v) is 8.25. The van der Waals surface area contributed by atoms with Crippen LogP contribution in [-0.2, 0) is 9.59 Å². The molecule has 0 radical (unpaired) electrons. The van der Waals surface area contributed by atoms with Crippen LogP contribution in [0, 0.1) is 12.8 Å². The first kappa shape index (κ1) is 17.3. The number of rotatable bonds is 6. The molecule has 5 heteroatoms. The summed E-state index contributed by atoms with van der Waals surface area (Å²) in [6.45, 7) is 5.01. The SMILES string of the molecule is Cc1cccc(OCCCC(=O)N2C[C@@H](C(N)=O)CC[C@H]2C)c1. The Morgan fingerprint density at radius 3 is 2.83 bits per heavy atom. The lowest BCUT2D eigenvalue weighted by Gasteiger charge is -2.37. The van der Waals surface area contributed by atoms with Gasteiger partial charge in [0.2, 0.25) is 11.8 Å². The molecule has 1 fully saturated rings. The quantitative estimate of drug-likeness (QED) is 0.818. The minimum atomic E-state index is -0.308. The van der Waals surface area contributed by atoms with Gasteiger partial charge in [0.15, 0.2) is 0 Å². The van der Waals surface area contributed by atoms with Crippen molar-refractivity contribution in [2.45, 2.75) is 45.6 Å². The molecule has 0 saturated carbocycles. The van der Waals surface area contributed by atoms with Gasteiger partial charge in [0.1, 0.15) is 5.75 Å². The zero-order valence-corrected chi connectivity index (χ0v) is 14.0. The Bertz CT molecular complexity index is 559. The highest BCUT2D eigenvalue weighted by molar-refractivity contribution is 5.80. The number of piperidine rings is 1. The van der Waals surface area contributed by atoms with Gasteiger partial charge in [-0.15, -0.1) is 0 Å². The molecule has 2 N–H and O–H groups in total. The summed E-state index contributed by atoms with van der Waals surface area (Å²) in [7, 11) is 0. The molecule has 0 spiro atoms. The number of primary amides is 1. The maximum Gasteiger partial charge on any atom is 0.222 e. The third kappa shape index (κ3) is 4.98. The topological polar surface area (TPSA) is 72.6 Å². The number of hydrogen-bond donors (Lipinski definition) is 1. The fraction of sp³-hybridized carbons (Fsp3) is 0.556. The molecular formula is C18H26N2O3. The Kier molecular flexibility index (Phi) is 6.02. The second-order valence-electron chi connectivity index (χ2n) is 6.34. The molecule has 1 aromatic rings. The van der Waals surface area contributed by atoms with Gasteiger partial charge in [-0.2, -0.15) is 0 Å². The number of amides is 2. The van der Waals surface area contributed by atoms with E-state index in [1.54, 1.807) is 4.90 Å². The van der Waals surface area contributed by atoms with Gasteiger partial charge in [0, 0.05) is 19.0 Å². The Morgan fingerprint density at radius 1 is 1.35 bits per heavy atom. The summed E-state index contributed by atoms with van der Waals surface area (Å²) in [5.74, 6) is 0.394. The Labute approximate surface area is 137 Å². The predicted molar refractivity (Wildman–Crippen MR) is 89.0 cm³/mol. The summed E-state index contributed by atoms with van der Waals surface area (Å²) in [6, 6.07) is 8.04. The molecule has 23 heavy (non-hydrogen) atoms. The number of ether oxygens (including phenoxy) is 1. The van der Waals surface area contributed by atoms with Gasteiger partial charge in [-0.05, 0) is 50.8 Å². The van der Waals surface area contributed by atoms with Crippen molar-refractivity contribution in [3.63, 3.8) is 0 Å². The van der Waals surface area contributed by atoms with Crippen molar-refractivity contribution in [3.8, 4) is 5.75 Å². The Hall–Kier alpha value is -2.04. The lowest BCUT2D eigenvalue weighted by molar-refractivity contribution is -0.137. The standard InChI is InChI=1S/C18H26N2O3/c1-13-5-3-6-16(11-13)23-10-4-7-17(21)20-12-15(18(19)22)9-8-14(20)2/h3,5-6,11,14-15H,4,7-10,12H2,1-2H3,(H2,19,22)/t14-,15+/m1/s1. The lowest BCUT2D eigenvalue weighted by atomic mass is 9.92. The number of aryl methyl sites for hydroxylation is 1. The van der Waals surface area contributed by atoms with E-state index in [0.717, 1.165) is 24.2 Å². The number of benzene rings is 1. The van der Waals surface area contributed by atoms with Crippen molar-refractivity contribution in [2.75, 3.05) is 13.2 Å². The molecule has 1 heterocycles. The van der Waals surface area contributed by atoms with Crippen LogP contribution >= 0.6 is 0 Å². The molecular weight excluding hydrogens is 292 g/mol. The number of nitrogens with two attached hydrogens (primary N) is 1. The Balaban J connectivity index is 1.76. The highest BCUT2D eigenvalue weighted by atomic mass is 16.5. The molecule has 0 bridgehead atoms. The van der Waals surface area contributed by atoms with Crippen molar-refractivity contribution >= 4 is 11.8 Å². The number of nitrogens with zero attached hydrogens (tertiary/aromatic N) is 1. The van der Waals surface area contributed by atoms with Gasteiger partial charge in [-0.3, -0.25) is 9.59 Å². The van der Waals surface area contributed by atoms with Gasteiger partial charge in [0.25, 0.3) is 0 Å². The van der Waals surface area contributed by atoms with E-state index in [1.165, 1.54) is 0 Å². The third-order valence-corrected chi connectivity index (χ3v) is 4.40. The van der Waals surface area contributed by atoms with Crippen molar-refractivity contribution in [3.05, 3.63) is 29.8 Å². The molecule has 1 aliphatic heterocycles. The van der Waals surface area contributed by atoms with Crippen LogP contribution in [0.1, 0.15) is 38.2 Å². The molecule has 2 atom stereocenters. The van der Waals surface area contributed by atoms with E-state index >= 15 is 0 Å². The number of carbonyl (C=O) groups excluding carboxylic acids is 2. The Morgan fingerprint density at radius 2 is 2.13 bits per heavy atom. The molecule has 126 valence electrons. The number of carbonyl (C=O) groups is 2. The molecule has 0 aliphatic carbocycles. The number of likely N-dealkylation sites (tertiary alicyclic amines) is 1.